The third-order valence-electron chi connectivity index (χ3n) is 3.40. The summed E-state index contributed by atoms with van der Waals surface area (Å²) >= 11 is 1.56. The van der Waals surface area contributed by atoms with Crippen molar-refractivity contribution in [3.8, 4) is 0 Å². The van der Waals surface area contributed by atoms with Crippen molar-refractivity contribution in [1.29, 1.82) is 0 Å². The van der Waals surface area contributed by atoms with Crippen molar-refractivity contribution < 1.29 is 4.79 Å². The van der Waals surface area contributed by atoms with Crippen LogP contribution in [0.5, 0.6) is 0 Å². The van der Waals surface area contributed by atoms with Crippen molar-refractivity contribution in [3.05, 3.63) is 45.6 Å². The molecule has 0 spiro atoms. The molecule has 1 aliphatic rings. The Bertz CT molecular complexity index is 618. The third-order valence-corrected chi connectivity index (χ3v) is 4.26. The average molecular weight is 272 g/mol. The Morgan fingerprint density at radius 3 is 3.05 bits per heavy atom. The Labute approximate surface area is 116 Å². The summed E-state index contributed by atoms with van der Waals surface area (Å²) in [6.07, 6.45) is 2.22. The zero-order valence-corrected chi connectivity index (χ0v) is 11.6. The lowest BCUT2D eigenvalue weighted by Crippen LogP contribution is -2.14. The summed E-state index contributed by atoms with van der Waals surface area (Å²) in [6, 6.07) is 6.07. The summed E-state index contributed by atoms with van der Waals surface area (Å²) in [7, 11) is 0. The molecule has 2 heterocycles. The second-order valence-corrected chi connectivity index (χ2v) is 5.57. The molecular formula is C15H16N2OS. The van der Waals surface area contributed by atoms with Gasteiger partial charge in [-0.3, -0.25) is 4.79 Å². The first-order valence-electron chi connectivity index (χ1n) is 6.45. The number of carbonyl (C=O) groups is 1. The molecule has 2 aromatic rings. The van der Waals surface area contributed by atoms with Crippen LogP contribution in [-0.2, 0) is 6.42 Å². The van der Waals surface area contributed by atoms with Crippen LogP contribution in [0.15, 0.2) is 29.0 Å². The molecule has 0 radical (unpaired) electrons. The summed E-state index contributed by atoms with van der Waals surface area (Å²) in [5.41, 5.74) is 5.14. The fraction of sp³-hybridized carbons (Fsp3) is 0.267. The number of fused-ring (bicyclic) bond motifs is 1. The van der Waals surface area contributed by atoms with E-state index in [0.717, 1.165) is 36.2 Å². The van der Waals surface area contributed by atoms with E-state index >= 15 is 0 Å². The van der Waals surface area contributed by atoms with E-state index in [1.54, 1.807) is 11.3 Å². The first-order chi connectivity index (χ1) is 9.24. The van der Waals surface area contributed by atoms with Gasteiger partial charge in [-0.2, -0.15) is 11.3 Å². The van der Waals surface area contributed by atoms with Crippen molar-refractivity contribution >= 4 is 28.6 Å². The highest BCUT2D eigenvalue weighted by Crippen LogP contribution is 2.25. The van der Waals surface area contributed by atoms with Crippen LogP contribution in [-0.4, -0.2) is 12.5 Å². The van der Waals surface area contributed by atoms with E-state index in [4.69, 9.17) is 0 Å². The largest absolute Gasteiger partial charge is 0.385 e. The molecule has 1 aromatic heterocycles. The molecule has 1 aliphatic heterocycles. The number of benzene rings is 1. The first-order valence-corrected chi connectivity index (χ1v) is 7.39. The van der Waals surface area contributed by atoms with E-state index in [0.29, 0.717) is 0 Å². The van der Waals surface area contributed by atoms with Gasteiger partial charge in [0, 0.05) is 23.3 Å². The zero-order chi connectivity index (χ0) is 13.2. The van der Waals surface area contributed by atoms with Gasteiger partial charge in [0.25, 0.3) is 5.91 Å². The highest BCUT2D eigenvalue weighted by atomic mass is 32.1. The van der Waals surface area contributed by atoms with Crippen LogP contribution in [0.4, 0.5) is 11.4 Å². The molecule has 0 aliphatic carbocycles. The standard InChI is InChI=1S/C15H16N2OS/c1-10-8-19-9-13(10)15(18)17-12-4-5-14-11(7-12)3-2-6-16-14/h4-5,7-9,16H,2-3,6H2,1H3,(H,17,18). The number of rotatable bonds is 2. The van der Waals surface area contributed by atoms with Crippen LogP contribution >= 0.6 is 11.3 Å². The van der Waals surface area contributed by atoms with E-state index < -0.39 is 0 Å². The molecule has 1 amide bonds. The summed E-state index contributed by atoms with van der Waals surface area (Å²) in [5, 5.41) is 10.2. The maximum atomic E-state index is 12.1. The number of aryl methyl sites for hydroxylation is 2. The van der Waals surface area contributed by atoms with Crippen molar-refractivity contribution in [2.75, 3.05) is 17.2 Å². The predicted molar refractivity (Wildman–Crippen MR) is 80.3 cm³/mol. The number of nitrogens with one attached hydrogen (secondary N) is 2. The average Bonchev–Trinajstić information content (AvgIpc) is 2.85. The summed E-state index contributed by atoms with van der Waals surface area (Å²) in [4.78, 5) is 12.1. The van der Waals surface area contributed by atoms with E-state index in [1.807, 2.05) is 29.8 Å². The summed E-state index contributed by atoms with van der Waals surface area (Å²) < 4.78 is 0. The van der Waals surface area contributed by atoms with Crippen molar-refractivity contribution in [1.82, 2.24) is 0 Å². The monoisotopic (exact) mass is 272 g/mol. The van der Waals surface area contributed by atoms with E-state index in [1.165, 1.54) is 11.3 Å². The predicted octanol–water partition coefficient (Wildman–Crippen LogP) is 3.67. The fourth-order valence-electron chi connectivity index (χ4n) is 2.34. The minimum Gasteiger partial charge on any atom is -0.385 e. The maximum Gasteiger partial charge on any atom is 0.256 e. The van der Waals surface area contributed by atoms with Crippen LogP contribution in [0.1, 0.15) is 27.9 Å². The lowest BCUT2D eigenvalue weighted by Gasteiger charge is -2.18. The highest BCUT2D eigenvalue weighted by molar-refractivity contribution is 7.08. The smallest absolute Gasteiger partial charge is 0.256 e. The minimum absolute atomic E-state index is 0.0255. The normalized spacial score (nSPS) is 13.5. The fourth-order valence-corrected chi connectivity index (χ4v) is 3.17. The molecule has 0 fully saturated rings. The molecule has 2 N–H and O–H groups in total. The summed E-state index contributed by atoms with van der Waals surface area (Å²) in [5.74, 6) is -0.0255. The number of anilines is 2. The van der Waals surface area contributed by atoms with Gasteiger partial charge >= 0.3 is 0 Å². The Balaban J connectivity index is 1.80. The van der Waals surface area contributed by atoms with Crippen LogP contribution in [0, 0.1) is 6.92 Å². The molecule has 0 saturated heterocycles. The van der Waals surface area contributed by atoms with Crippen LogP contribution in [0.25, 0.3) is 0 Å². The molecule has 98 valence electrons. The van der Waals surface area contributed by atoms with Crippen molar-refractivity contribution in [2.45, 2.75) is 19.8 Å². The van der Waals surface area contributed by atoms with Gasteiger partial charge in [-0.1, -0.05) is 0 Å². The zero-order valence-electron chi connectivity index (χ0n) is 10.8. The molecule has 3 rings (SSSR count). The quantitative estimate of drug-likeness (QED) is 0.876. The Morgan fingerprint density at radius 2 is 2.26 bits per heavy atom. The Kier molecular flexibility index (Phi) is 3.25. The van der Waals surface area contributed by atoms with E-state index in [-0.39, 0.29) is 5.91 Å². The molecule has 0 atom stereocenters. The lowest BCUT2D eigenvalue weighted by atomic mass is 10.0. The summed E-state index contributed by atoms with van der Waals surface area (Å²) in [6.45, 7) is 3.00. The second-order valence-electron chi connectivity index (χ2n) is 4.82. The van der Waals surface area contributed by atoms with Gasteiger partial charge in [0.1, 0.15) is 0 Å². The molecule has 0 bridgehead atoms. The van der Waals surface area contributed by atoms with Gasteiger partial charge in [-0.15, -0.1) is 0 Å². The number of carbonyl (C=O) groups excluding carboxylic acids is 1. The number of hydrogen-bond acceptors (Lipinski definition) is 3. The molecule has 0 saturated carbocycles. The molecular weight excluding hydrogens is 256 g/mol. The Morgan fingerprint density at radius 1 is 1.37 bits per heavy atom. The SMILES string of the molecule is Cc1cscc1C(=O)Nc1ccc2c(c1)CCCN2. The van der Waals surface area contributed by atoms with Gasteiger partial charge in [-0.05, 0) is 54.5 Å². The maximum absolute atomic E-state index is 12.1. The van der Waals surface area contributed by atoms with Gasteiger partial charge in [-0.25, -0.2) is 0 Å². The molecule has 19 heavy (non-hydrogen) atoms. The van der Waals surface area contributed by atoms with Crippen LogP contribution in [0.3, 0.4) is 0 Å². The van der Waals surface area contributed by atoms with Gasteiger partial charge in [0.05, 0.1) is 5.56 Å². The highest BCUT2D eigenvalue weighted by Gasteiger charge is 2.12. The molecule has 0 unspecified atom stereocenters. The molecule has 3 nitrogen and oxygen atoms in total. The second kappa shape index (κ2) is 5.05. The van der Waals surface area contributed by atoms with Gasteiger partial charge in [0.2, 0.25) is 0 Å². The van der Waals surface area contributed by atoms with Crippen molar-refractivity contribution in [2.24, 2.45) is 0 Å². The van der Waals surface area contributed by atoms with Crippen LogP contribution < -0.4 is 10.6 Å². The van der Waals surface area contributed by atoms with Gasteiger partial charge < -0.3 is 10.6 Å². The third kappa shape index (κ3) is 2.49. The molecule has 4 heteroatoms. The lowest BCUT2D eigenvalue weighted by molar-refractivity contribution is 0.102. The van der Waals surface area contributed by atoms with Crippen molar-refractivity contribution in [3.63, 3.8) is 0 Å². The number of thiophene rings is 1. The minimum atomic E-state index is -0.0255. The molecule has 1 aromatic carbocycles. The number of hydrogen-bond donors (Lipinski definition) is 2. The number of amides is 1. The Hall–Kier alpha value is -1.81. The van der Waals surface area contributed by atoms with Gasteiger partial charge in [0.15, 0.2) is 0 Å². The first kappa shape index (κ1) is 12.2. The van der Waals surface area contributed by atoms with Crippen LogP contribution in [0.2, 0.25) is 0 Å². The van der Waals surface area contributed by atoms with E-state index in [9.17, 15) is 4.79 Å². The van der Waals surface area contributed by atoms with E-state index in [2.05, 4.69) is 16.7 Å². The topological polar surface area (TPSA) is 41.1 Å².